The number of carbonyl (C=O) groups excluding carboxylic acids is 2. The third-order valence-corrected chi connectivity index (χ3v) is 9.56. The Labute approximate surface area is 218 Å². The molecule has 0 saturated carbocycles. The third kappa shape index (κ3) is 6.49. The van der Waals surface area contributed by atoms with Gasteiger partial charge in [-0.1, -0.05) is 47.2 Å². The number of nitrogens with zero attached hydrogens (tertiary/aromatic N) is 3. The zero-order valence-electron chi connectivity index (χ0n) is 20.0. The second kappa shape index (κ2) is 11.5. The van der Waals surface area contributed by atoms with Crippen LogP contribution in [0.5, 0.6) is 0 Å². The molecule has 0 atom stereocenters. The van der Waals surface area contributed by atoms with Crippen molar-refractivity contribution in [2.24, 2.45) is 0 Å². The summed E-state index contributed by atoms with van der Waals surface area (Å²) in [4.78, 5) is 25.1. The molecule has 3 aromatic rings. The summed E-state index contributed by atoms with van der Waals surface area (Å²) in [6, 6.07) is 11.7. The Morgan fingerprint density at radius 1 is 1.00 bits per heavy atom. The number of anilines is 2. The fourth-order valence-electron chi connectivity index (χ4n) is 3.79. The monoisotopic (exact) mass is 545 g/mol. The van der Waals surface area contributed by atoms with E-state index >= 15 is 0 Å². The number of hydrogen-bond acceptors (Lipinski definition) is 8. The molecule has 2 heterocycles. The molecule has 190 valence electrons. The minimum absolute atomic E-state index is 0.156. The number of aryl methyl sites for hydroxylation is 2. The van der Waals surface area contributed by atoms with Crippen LogP contribution in [-0.2, 0) is 14.8 Å². The van der Waals surface area contributed by atoms with E-state index in [0.29, 0.717) is 28.1 Å². The lowest BCUT2D eigenvalue weighted by atomic mass is 10.1. The van der Waals surface area contributed by atoms with Gasteiger partial charge in [0.25, 0.3) is 5.91 Å². The van der Waals surface area contributed by atoms with Crippen molar-refractivity contribution in [2.75, 3.05) is 29.5 Å². The van der Waals surface area contributed by atoms with Gasteiger partial charge in [0.05, 0.1) is 10.6 Å². The van der Waals surface area contributed by atoms with Gasteiger partial charge in [0.1, 0.15) is 0 Å². The molecule has 0 spiro atoms. The smallest absolute Gasteiger partial charge is 0.257 e. The van der Waals surface area contributed by atoms with Crippen molar-refractivity contribution in [1.29, 1.82) is 0 Å². The molecule has 1 fully saturated rings. The number of benzene rings is 2. The summed E-state index contributed by atoms with van der Waals surface area (Å²) in [6.45, 7) is 4.98. The topological polar surface area (TPSA) is 121 Å². The molecule has 1 aliphatic heterocycles. The molecule has 36 heavy (non-hydrogen) atoms. The van der Waals surface area contributed by atoms with Crippen LogP contribution in [0.2, 0.25) is 0 Å². The highest BCUT2D eigenvalue weighted by Crippen LogP contribution is 2.27. The highest BCUT2D eigenvalue weighted by Gasteiger charge is 2.26. The van der Waals surface area contributed by atoms with Crippen LogP contribution in [0.3, 0.4) is 0 Å². The van der Waals surface area contributed by atoms with Gasteiger partial charge < -0.3 is 5.32 Å². The van der Waals surface area contributed by atoms with Crippen molar-refractivity contribution < 1.29 is 18.0 Å². The Morgan fingerprint density at radius 2 is 1.72 bits per heavy atom. The molecule has 2 N–H and O–H groups in total. The summed E-state index contributed by atoms with van der Waals surface area (Å²) < 4.78 is 27.6. The van der Waals surface area contributed by atoms with Crippen molar-refractivity contribution in [3.8, 4) is 0 Å². The van der Waals surface area contributed by atoms with Gasteiger partial charge in [-0.3, -0.25) is 14.9 Å². The average molecular weight is 546 g/mol. The molecule has 1 saturated heterocycles. The van der Waals surface area contributed by atoms with Crippen LogP contribution in [0.25, 0.3) is 0 Å². The fraction of sp³-hybridized carbons (Fsp3) is 0.333. The molecule has 12 heteroatoms. The van der Waals surface area contributed by atoms with Gasteiger partial charge in [-0.05, 0) is 62.6 Å². The van der Waals surface area contributed by atoms with E-state index < -0.39 is 15.9 Å². The number of aromatic nitrogens is 2. The highest BCUT2D eigenvalue weighted by molar-refractivity contribution is 8.01. The van der Waals surface area contributed by atoms with Crippen LogP contribution >= 0.6 is 23.1 Å². The Balaban J connectivity index is 1.30. The van der Waals surface area contributed by atoms with E-state index in [1.54, 1.807) is 0 Å². The van der Waals surface area contributed by atoms with Crippen molar-refractivity contribution >= 4 is 55.8 Å². The van der Waals surface area contributed by atoms with Gasteiger partial charge >= 0.3 is 0 Å². The van der Waals surface area contributed by atoms with E-state index in [4.69, 9.17) is 0 Å². The van der Waals surface area contributed by atoms with Gasteiger partial charge in [0.15, 0.2) is 4.34 Å². The first-order valence-electron chi connectivity index (χ1n) is 11.5. The zero-order valence-corrected chi connectivity index (χ0v) is 22.4. The number of rotatable bonds is 8. The van der Waals surface area contributed by atoms with Gasteiger partial charge in [-0.15, -0.1) is 10.2 Å². The first-order valence-corrected chi connectivity index (χ1v) is 14.7. The lowest BCUT2D eigenvalue weighted by molar-refractivity contribution is -0.113. The number of amides is 2. The molecule has 0 unspecified atom stereocenters. The Bertz CT molecular complexity index is 1350. The molecule has 4 rings (SSSR count). The second-order valence-corrected chi connectivity index (χ2v) is 12.6. The molecule has 1 aliphatic rings. The van der Waals surface area contributed by atoms with E-state index in [2.05, 4.69) is 20.8 Å². The van der Waals surface area contributed by atoms with Gasteiger partial charge in [-0.2, -0.15) is 4.31 Å². The first-order chi connectivity index (χ1) is 17.2. The van der Waals surface area contributed by atoms with Crippen LogP contribution in [-0.4, -0.2) is 53.6 Å². The minimum Gasteiger partial charge on any atom is -0.325 e. The van der Waals surface area contributed by atoms with Crippen LogP contribution < -0.4 is 10.6 Å². The first kappa shape index (κ1) is 26.3. The number of piperidine rings is 1. The van der Waals surface area contributed by atoms with Crippen LogP contribution in [0.4, 0.5) is 10.8 Å². The molecular weight excluding hydrogens is 518 g/mol. The second-order valence-electron chi connectivity index (χ2n) is 8.47. The van der Waals surface area contributed by atoms with Crippen molar-refractivity contribution in [1.82, 2.24) is 14.5 Å². The maximum atomic E-state index is 12.8. The number of carbonyl (C=O) groups is 2. The minimum atomic E-state index is -3.55. The Kier molecular flexibility index (Phi) is 8.39. The molecular formula is C24H27N5O4S3. The normalized spacial score (nSPS) is 14.4. The van der Waals surface area contributed by atoms with Crippen molar-refractivity contribution in [3.63, 3.8) is 0 Å². The summed E-state index contributed by atoms with van der Waals surface area (Å²) in [5.41, 5.74) is 3.20. The zero-order chi connectivity index (χ0) is 25.7. The lowest BCUT2D eigenvalue weighted by Gasteiger charge is -2.25. The van der Waals surface area contributed by atoms with E-state index in [0.717, 1.165) is 47.4 Å². The maximum Gasteiger partial charge on any atom is 0.257 e. The largest absolute Gasteiger partial charge is 0.325 e. The van der Waals surface area contributed by atoms with Crippen LogP contribution in [0, 0.1) is 13.8 Å². The average Bonchev–Trinajstić information content (AvgIpc) is 3.32. The summed E-state index contributed by atoms with van der Waals surface area (Å²) in [6.07, 6.45) is 2.76. The maximum absolute atomic E-state index is 12.8. The molecule has 9 nitrogen and oxygen atoms in total. The summed E-state index contributed by atoms with van der Waals surface area (Å²) in [5, 5.41) is 13.8. The molecule has 1 aromatic heterocycles. The number of thioether (sulfide) groups is 1. The van der Waals surface area contributed by atoms with Gasteiger partial charge in [0.2, 0.25) is 21.1 Å². The lowest BCUT2D eigenvalue weighted by Crippen LogP contribution is -2.35. The van der Waals surface area contributed by atoms with E-state index in [-0.39, 0.29) is 16.6 Å². The quantitative estimate of drug-likeness (QED) is 0.319. The molecule has 2 amide bonds. The highest BCUT2D eigenvalue weighted by atomic mass is 32.2. The molecule has 0 aliphatic carbocycles. The van der Waals surface area contributed by atoms with Crippen molar-refractivity contribution in [2.45, 2.75) is 42.3 Å². The van der Waals surface area contributed by atoms with E-state index in [1.807, 2.05) is 32.0 Å². The van der Waals surface area contributed by atoms with Gasteiger partial charge in [0, 0.05) is 24.3 Å². The van der Waals surface area contributed by atoms with Crippen LogP contribution in [0.1, 0.15) is 40.7 Å². The number of nitrogens with one attached hydrogen (secondary N) is 2. The molecule has 0 radical (unpaired) electrons. The predicted octanol–water partition coefficient (Wildman–Crippen LogP) is 4.31. The van der Waals surface area contributed by atoms with E-state index in [1.165, 1.54) is 40.3 Å². The number of sulfonamides is 1. The fourth-order valence-corrected chi connectivity index (χ4v) is 6.85. The Morgan fingerprint density at radius 3 is 2.42 bits per heavy atom. The van der Waals surface area contributed by atoms with Crippen molar-refractivity contribution in [3.05, 3.63) is 59.2 Å². The number of hydrogen-bond donors (Lipinski definition) is 2. The van der Waals surface area contributed by atoms with Gasteiger partial charge in [-0.25, -0.2) is 8.42 Å². The van der Waals surface area contributed by atoms with E-state index in [9.17, 15) is 18.0 Å². The molecule has 2 aromatic carbocycles. The van der Waals surface area contributed by atoms with Crippen LogP contribution in [0.15, 0.2) is 51.7 Å². The predicted molar refractivity (Wildman–Crippen MR) is 142 cm³/mol. The standard InChI is InChI=1S/C24H27N5O4S3/c1-16-6-11-20(17(2)14-16)25-21(30)15-34-24-28-27-23(35-24)26-22(31)18-7-9-19(10-8-18)36(32,33)29-12-4-3-5-13-29/h6-11,14H,3-5,12-13,15H2,1-2H3,(H,25,30)(H,26,27,31). The SMILES string of the molecule is Cc1ccc(NC(=O)CSc2nnc(NC(=O)c3ccc(S(=O)(=O)N4CCCCC4)cc3)s2)c(C)c1. The Hall–Kier alpha value is -2.80. The summed E-state index contributed by atoms with van der Waals surface area (Å²) in [7, 11) is -3.55. The molecule has 0 bridgehead atoms. The summed E-state index contributed by atoms with van der Waals surface area (Å²) >= 11 is 2.39. The summed E-state index contributed by atoms with van der Waals surface area (Å²) in [5.74, 6) is -0.424. The third-order valence-electron chi connectivity index (χ3n) is 5.68.